The van der Waals surface area contributed by atoms with Gasteiger partial charge in [0.15, 0.2) is 0 Å². The number of benzene rings is 3. The molecule has 378 valence electrons. The van der Waals surface area contributed by atoms with Crippen molar-refractivity contribution in [2.75, 3.05) is 27.2 Å². The van der Waals surface area contributed by atoms with E-state index in [-0.39, 0.29) is 54.9 Å². The summed E-state index contributed by atoms with van der Waals surface area (Å²) in [7, 11) is 3.26. The molecule has 8 amide bonds. The number of likely N-dealkylation sites (N-methyl/N-ethyl adjacent to an activating group) is 2. The molecule has 1 aliphatic heterocycles. The van der Waals surface area contributed by atoms with E-state index in [9.17, 15) is 38.4 Å². The van der Waals surface area contributed by atoms with E-state index >= 15 is 0 Å². The molecule has 70 heavy (non-hydrogen) atoms. The minimum atomic E-state index is -1.09. The predicted octanol–water partition coefficient (Wildman–Crippen LogP) is 2.31. The van der Waals surface area contributed by atoms with Crippen LogP contribution in [-0.4, -0.2) is 122 Å². The van der Waals surface area contributed by atoms with Gasteiger partial charge in [-0.15, -0.1) is 0 Å². The lowest BCUT2D eigenvalue weighted by molar-refractivity contribution is -0.144. The first kappa shape index (κ1) is 54.3. The van der Waals surface area contributed by atoms with Crippen molar-refractivity contribution in [1.82, 2.24) is 52.8 Å². The summed E-state index contributed by atoms with van der Waals surface area (Å²) >= 11 is 0. The maximum atomic E-state index is 14.6. The molecule has 2 aliphatic rings. The Labute approximate surface area is 411 Å². The van der Waals surface area contributed by atoms with Gasteiger partial charge in [0.25, 0.3) is 11.8 Å². The van der Waals surface area contributed by atoms with E-state index < -0.39 is 89.2 Å². The van der Waals surface area contributed by atoms with Crippen LogP contribution in [0, 0.1) is 5.41 Å². The molecule has 3 aromatic carbocycles. The highest BCUT2D eigenvalue weighted by Gasteiger charge is 2.46. The third kappa shape index (κ3) is 14.4. The lowest BCUT2D eigenvalue weighted by Gasteiger charge is -2.36. The Morgan fingerprint density at radius 1 is 0.671 bits per heavy atom. The molecule has 0 aromatic heterocycles. The van der Waals surface area contributed by atoms with Gasteiger partial charge in [-0.1, -0.05) is 81.4 Å². The van der Waals surface area contributed by atoms with Crippen LogP contribution in [0.1, 0.15) is 124 Å². The number of fused-ring (bicyclic) bond motifs is 1. The highest BCUT2D eigenvalue weighted by Crippen LogP contribution is 2.31. The molecule has 9 atom stereocenters. The molecule has 1 fully saturated rings. The van der Waals surface area contributed by atoms with Gasteiger partial charge in [-0.05, 0) is 114 Å². The summed E-state index contributed by atoms with van der Waals surface area (Å²) in [5.74, 6) is -3.74. The van der Waals surface area contributed by atoms with Crippen molar-refractivity contribution in [2.45, 2.75) is 135 Å². The number of hydrogen-bond donors (Lipinski definition) is 9. The van der Waals surface area contributed by atoms with Crippen molar-refractivity contribution < 1.29 is 38.4 Å². The van der Waals surface area contributed by atoms with E-state index in [4.69, 9.17) is 0 Å². The topological polar surface area (TPSA) is 248 Å². The molecule has 5 rings (SSSR count). The second kappa shape index (κ2) is 24.8. The van der Waals surface area contributed by atoms with Crippen LogP contribution in [0.3, 0.4) is 0 Å². The molecule has 1 saturated heterocycles. The number of amides is 8. The van der Waals surface area contributed by atoms with Crippen LogP contribution in [0.4, 0.5) is 0 Å². The summed E-state index contributed by atoms with van der Waals surface area (Å²) in [5, 5.41) is 25.8. The number of likely N-dealkylation sites (tertiary alicyclic amines) is 1. The average molecular weight is 965 g/mol. The minimum Gasteiger partial charge on any atom is -0.352 e. The maximum Gasteiger partial charge on any atom is 0.251 e. The van der Waals surface area contributed by atoms with Crippen molar-refractivity contribution in [3.63, 3.8) is 0 Å². The molecule has 3 aromatic rings. The van der Waals surface area contributed by atoms with Crippen LogP contribution in [0.2, 0.25) is 0 Å². The third-order valence-corrected chi connectivity index (χ3v) is 13.1. The Hall–Kier alpha value is -6.66. The number of carbonyl (C=O) groups is 8. The number of hydrogen-bond acceptors (Lipinski definition) is 10. The fourth-order valence-electron chi connectivity index (χ4n) is 8.56. The number of carbonyl (C=O) groups excluding carboxylic acids is 8. The quantitative estimate of drug-likeness (QED) is 0.0800. The van der Waals surface area contributed by atoms with Gasteiger partial charge >= 0.3 is 0 Å². The zero-order valence-electron chi connectivity index (χ0n) is 41.9. The van der Waals surface area contributed by atoms with Gasteiger partial charge in [0.1, 0.15) is 24.2 Å². The Bertz CT molecular complexity index is 2360. The lowest BCUT2D eigenvalue weighted by atomic mass is 9.85. The van der Waals surface area contributed by atoms with Crippen molar-refractivity contribution in [3.8, 4) is 0 Å². The second-order valence-corrected chi connectivity index (χ2v) is 19.5. The van der Waals surface area contributed by atoms with Gasteiger partial charge in [0.05, 0.1) is 24.2 Å². The van der Waals surface area contributed by atoms with Crippen LogP contribution in [0.5, 0.6) is 0 Å². The largest absolute Gasteiger partial charge is 0.352 e. The summed E-state index contributed by atoms with van der Waals surface area (Å²) < 4.78 is 0. The first-order valence-corrected chi connectivity index (χ1v) is 24.2. The SMILES string of the molecule is CN[C@@H](C)C(=O)N[C@@H](C)C(=O)N[C@@H](CCNC(=O)c1cccc(C(=O)N[C@H]2C[C@@H](C(=O)N[C@@H]3CCCc4ccccc43)N(C(=O)[C@@H](NC(=O)[C@H](C)NC)C(C)(C)C)C2)c1)C(=O)N[C@H](C)c1ccccc1. The fourth-order valence-corrected chi connectivity index (χ4v) is 8.56. The monoisotopic (exact) mass is 965 g/mol. The van der Waals surface area contributed by atoms with E-state index in [0.29, 0.717) is 0 Å². The second-order valence-electron chi connectivity index (χ2n) is 19.5. The zero-order valence-corrected chi connectivity index (χ0v) is 41.9. The molecular formula is C52H72N10O8. The number of rotatable bonds is 20. The van der Waals surface area contributed by atoms with Gasteiger partial charge in [0, 0.05) is 30.3 Å². The van der Waals surface area contributed by atoms with E-state index in [1.54, 1.807) is 40.1 Å². The van der Waals surface area contributed by atoms with Crippen molar-refractivity contribution >= 4 is 47.3 Å². The van der Waals surface area contributed by atoms with E-state index in [0.717, 1.165) is 36.0 Å². The van der Waals surface area contributed by atoms with Gasteiger partial charge in [-0.2, -0.15) is 0 Å². The zero-order chi connectivity index (χ0) is 51.3. The first-order chi connectivity index (χ1) is 33.2. The molecule has 9 N–H and O–H groups in total. The summed E-state index contributed by atoms with van der Waals surface area (Å²) in [6.45, 7) is 12.1. The van der Waals surface area contributed by atoms with Crippen molar-refractivity contribution in [2.24, 2.45) is 5.41 Å². The molecule has 18 heteroatoms. The Morgan fingerprint density at radius 2 is 1.29 bits per heavy atom. The molecule has 1 heterocycles. The van der Waals surface area contributed by atoms with E-state index in [1.807, 2.05) is 76.2 Å². The minimum absolute atomic E-state index is 0.00818. The van der Waals surface area contributed by atoms with Crippen LogP contribution in [0.25, 0.3) is 0 Å². The highest BCUT2D eigenvalue weighted by atomic mass is 16.2. The van der Waals surface area contributed by atoms with E-state index in [2.05, 4.69) is 53.9 Å². The highest BCUT2D eigenvalue weighted by molar-refractivity contribution is 6.00. The van der Waals surface area contributed by atoms with Gasteiger partial charge in [0.2, 0.25) is 35.4 Å². The van der Waals surface area contributed by atoms with Gasteiger partial charge in [-0.25, -0.2) is 0 Å². The summed E-state index contributed by atoms with van der Waals surface area (Å²) in [6.07, 6.45) is 2.61. The third-order valence-electron chi connectivity index (χ3n) is 13.1. The van der Waals surface area contributed by atoms with Crippen molar-refractivity contribution in [1.29, 1.82) is 0 Å². The van der Waals surface area contributed by atoms with Gasteiger partial charge in [-0.3, -0.25) is 38.4 Å². The standard InChI is InChI=1S/C52H72N10O8/c1-30(34-17-11-10-12-18-34)56-49(68)41(60-46(65)33(4)57-44(63)31(2)53-8)25-26-55-47(66)36-21-15-22-37(27-36)48(67)58-38-28-42(50(69)59-40-24-16-20-35-19-13-14-23-39(35)40)62(29-38)51(70)43(52(5,6)7)61-45(64)32(3)54-9/h10-15,17-19,21-23,27,30-33,38,40-43,53-54H,16,20,24-26,28-29H2,1-9H3,(H,55,66)(H,56,68)(H,57,63)(H,58,67)(H,59,69)(H,60,65)(H,61,64)/t30-,31+,32+,33+,38+,40-,41+,42+,43-/m1/s1. The van der Waals surface area contributed by atoms with Crippen molar-refractivity contribution in [3.05, 3.63) is 107 Å². The molecule has 0 radical (unpaired) electrons. The molecular weight excluding hydrogens is 893 g/mol. The molecule has 0 bridgehead atoms. The summed E-state index contributed by atoms with van der Waals surface area (Å²) in [5.41, 5.74) is 2.60. The molecule has 0 spiro atoms. The number of aryl methyl sites for hydroxylation is 1. The lowest BCUT2D eigenvalue weighted by Crippen LogP contribution is -2.59. The fraction of sp³-hybridized carbons (Fsp3) is 0.500. The van der Waals surface area contributed by atoms with Crippen LogP contribution in [0.15, 0.2) is 78.9 Å². The number of nitrogens with one attached hydrogen (secondary N) is 9. The van der Waals surface area contributed by atoms with E-state index in [1.165, 1.54) is 24.0 Å². The molecule has 18 nitrogen and oxygen atoms in total. The Kier molecular flexibility index (Phi) is 19.2. The molecule has 1 aliphatic carbocycles. The smallest absolute Gasteiger partial charge is 0.251 e. The van der Waals surface area contributed by atoms with Crippen LogP contribution >= 0.6 is 0 Å². The van der Waals surface area contributed by atoms with Gasteiger partial charge < -0.3 is 52.8 Å². The first-order valence-electron chi connectivity index (χ1n) is 24.2. The summed E-state index contributed by atoms with van der Waals surface area (Å²) in [6, 6.07) is 16.8. The Morgan fingerprint density at radius 3 is 1.94 bits per heavy atom. The number of nitrogens with zero attached hydrogens (tertiary/aromatic N) is 1. The molecule has 0 saturated carbocycles. The normalized spacial score (nSPS) is 19.1. The maximum absolute atomic E-state index is 14.6. The Balaban J connectivity index is 1.28. The van der Waals surface area contributed by atoms with Crippen LogP contribution < -0.4 is 47.9 Å². The average Bonchev–Trinajstić information content (AvgIpc) is 3.78. The predicted molar refractivity (Wildman–Crippen MR) is 266 cm³/mol. The summed E-state index contributed by atoms with van der Waals surface area (Å²) in [4.78, 5) is 110. The molecule has 0 unspecified atom stereocenters. The van der Waals surface area contributed by atoms with Crippen LogP contribution in [-0.2, 0) is 35.2 Å².